The molecule has 0 amide bonds. The molecule has 4 nitrogen and oxygen atoms in total. The number of hydrazine groups is 1. The molecule has 0 aliphatic heterocycles. The van der Waals surface area contributed by atoms with Gasteiger partial charge < -0.3 is 0 Å². The fourth-order valence-corrected chi connectivity index (χ4v) is 2.13. The summed E-state index contributed by atoms with van der Waals surface area (Å²) in [6.07, 6.45) is 4.08. The lowest BCUT2D eigenvalue weighted by Crippen LogP contribution is -2.31. The first kappa shape index (κ1) is 14.2. The van der Waals surface area contributed by atoms with Crippen LogP contribution in [0.3, 0.4) is 0 Å². The lowest BCUT2D eigenvalue weighted by atomic mass is 10.1. The number of halogens is 2. The summed E-state index contributed by atoms with van der Waals surface area (Å²) in [5, 5.41) is 1.07. The molecule has 6 heteroatoms. The average molecular weight is 297 g/mol. The maximum absolute atomic E-state index is 6.17. The van der Waals surface area contributed by atoms with Gasteiger partial charge in [-0.1, -0.05) is 35.3 Å². The van der Waals surface area contributed by atoms with Crippen LogP contribution in [0.5, 0.6) is 0 Å². The van der Waals surface area contributed by atoms with E-state index in [9.17, 15) is 0 Å². The minimum atomic E-state index is -0.212. The quantitative estimate of drug-likeness (QED) is 0.673. The van der Waals surface area contributed by atoms with E-state index in [0.717, 1.165) is 11.1 Å². The maximum Gasteiger partial charge on any atom is 0.146 e. The van der Waals surface area contributed by atoms with Crippen LogP contribution in [-0.4, -0.2) is 9.97 Å². The first-order valence-corrected chi connectivity index (χ1v) is 6.55. The Kier molecular flexibility index (Phi) is 4.71. The standard InChI is InChI=1S/C13H14Cl2N4/c1-8-6-17-13(18-7-8)11(19-16)5-9-3-2-4-10(14)12(9)15/h2-4,6-7,11,19H,5,16H2,1H3. The largest absolute Gasteiger partial charge is 0.271 e. The molecule has 19 heavy (non-hydrogen) atoms. The van der Waals surface area contributed by atoms with Crippen LogP contribution in [0.1, 0.15) is 23.0 Å². The first-order valence-electron chi connectivity index (χ1n) is 5.79. The summed E-state index contributed by atoms with van der Waals surface area (Å²) in [5.41, 5.74) is 4.61. The van der Waals surface area contributed by atoms with E-state index in [1.807, 2.05) is 19.1 Å². The molecular weight excluding hydrogens is 283 g/mol. The molecule has 1 aromatic heterocycles. The number of rotatable bonds is 4. The number of nitrogens with two attached hydrogens (primary N) is 1. The average Bonchev–Trinajstić information content (AvgIpc) is 2.42. The summed E-state index contributed by atoms with van der Waals surface area (Å²) >= 11 is 12.2. The molecular formula is C13H14Cl2N4. The highest BCUT2D eigenvalue weighted by Gasteiger charge is 2.16. The highest BCUT2D eigenvalue weighted by atomic mass is 35.5. The zero-order valence-corrected chi connectivity index (χ0v) is 11.9. The first-order chi connectivity index (χ1) is 9.11. The zero-order valence-electron chi connectivity index (χ0n) is 10.4. The molecule has 0 spiro atoms. The van der Waals surface area contributed by atoms with E-state index in [4.69, 9.17) is 29.0 Å². The molecule has 2 rings (SSSR count). The van der Waals surface area contributed by atoms with Crippen molar-refractivity contribution in [2.45, 2.75) is 19.4 Å². The predicted octanol–water partition coefficient (Wildman–Crippen LogP) is 2.84. The molecule has 1 heterocycles. The van der Waals surface area contributed by atoms with E-state index in [1.54, 1.807) is 18.5 Å². The highest BCUT2D eigenvalue weighted by Crippen LogP contribution is 2.28. The van der Waals surface area contributed by atoms with Crippen LogP contribution in [0.15, 0.2) is 30.6 Å². The summed E-state index contributed by atoms with van der Waals surface area (Å²) in [5.74, 6) is 6.20. The van der Waals surface area contributed by atoms with Crippen molar-refractivity contribution in [2.75, 3.05) is 0 Å². The Hall–Kier alpha value is -1.20. The normalized spacial score (nSPS) is 12.4. The minimum Gasteiger partial charge on any atom is -0.271 e. The number of nitrogens with one attached hydrogen (secondary N) is 1. The summed E-state index contributed by atoms with van der Waals surface area (Å²) in [7, 11) is 0. The molecule has 1 aromatic carbocycles. The number of hydrogen-bond donors (Lipinski definition) is 2. The van der Waals surface area contributed by atoms with Crippen molar-refractivity contribution in [1.82, 2.24) is 15.4 Å². The fraction of sp³-hybridized carbons (Fsp3) is 0.231. The van der Waals surface area contributed by atoms with Gasteiger partial charge in [-0.25, -0.2) is 15.4 Å². The second-order valence-electron chi connectivity index (χ2n) is 4.25. The number of hydrogen-bond acceptors (Lipinski definition) is 4. The molecule has 0 bridgehead atoms. The van der Waals surface area contributed by atoms with Gasteiger partial charge in [0.1, 0.15) is 5.82 Å². The van der Waals surface area contributed by atoms with Crippen LogP contribution in [0.4, 0.5) is 0 Å². The molecule has 100 valence electrons. The van der Waals surface area contributed by atoms with Crippen LogP contribution in [-0.2, 0) is 6.42 Å². The Bertz CT molecular complexity index is 557. The smallest absolute Gasteiger partial charge is 0.146 e. The Morgan fingerprint density at radius 3 is 2.58 bits per heavy atom. The summed E-state index contributed by atoms with van der Waals surface area (Å²) < 4.78 is 0. The summed E-state index contributed by atoms with van der Waals surface area (Å²) in [4.78, 5) is 8.54. The Labute approximate surface area is 121 Å². The molecule has 0 aliphatic carbocycles. The van der Waals surface area contributed by atoms with Gasteiger partial charge in [0.05, 0.1) is 16.1 Å². The van der Waals surface area contributed by atoms with Crippen molar-refractivity contribution < 1.29 is 0 Å². The molecule has 0 saturated heterocycles. The molecule has 1 atom stereocenters. The van der Waals surface area contributed by atoms with E-state index < -0.39 is 0 Å². The maximum atomic E-state index is 6.17. The second-order valence-corrected chi connectivity index (χ2v) is 5.04. The van der Waals surface area contributed by atoms with Crippen LogP contribution in [0.2, 0.25) is 10.0 Å². The second kappa shape index (κ2) is 6.30. The lowest BCUT2D eigenvalue weighted by Gasteiger charge is -2.15. The van der Waals surface area contributed by atoms with E-state index in [1.165, 1.54) is 0 Å². The van der Waals surface area contributed by atoms with E-state index in [2.05, 4.69) is 15.4 Å². The fourth-order valence-electron chi connectivity index (χ4n) is 1.73. The SMILES string of the molecule is Cc1cnc(C(Cc2cccc(Cl)c2Cl)NN)nc1. The van der Waals surface area contributed by atoms with Crippen LogP contribution in [0.25, 0.3) is 0 Å². The van der Waals surface area contributed by atoms with Crippen molar-refractivity contribution in [1.29, 1.82) is 0 Å². The van der Waals surface area contributed by atoms with E-state index in [0.29, 0.717) is 22.3 Å². The van der Waals surface area contributed by atoms with Crippen molar-refractivity contribution in [2.24, 2.45) is 5.84 Å². The highest BCUT2D eigenvalue weighted by molar-refractivity contribution is 6.42. The molecule has 0 fully saturated rings. The molecule has 0 radical (unpaired) electrons. The van der Waals surface area contributed by atoms with Gasteiger partial charge in [0.2, 0.25) is 0 Å². The predicted molar refractivity (Wildman–Crippen MR) is 77.0 cm³/mol. The van der Waals surface area contributed by atoms with E-state index >= 15 is 0 Å². The van der Waals surface area contributed by atoms with Gasteiger partial charge in [-0.05, 0) is 30.5 Å². The van der Waals surface area contributed by atoms with Crippen LogP contribution in [0, 0.1) is 6.92 Å². The third-order valence-corrected chi connectivity index (χ3v) is 3.63. The van der Waals surface area contributed by atoms with Crippen LogP contribution >= 0.6 is 23.2 Å². The molecule has 0 aliphatic rings. The molecule has 3 N–H and O–H groups in total. The third-order valence-electron chi connectivity index (χ3n) is 2.77. The van der Waals surface area contributed by atoms with Crippen LogP contribution < -0.4 is 11.3 Å². The Balaban J connectivity index is 2.24. The number of benzene rings is 1. The lowest BCUT2D eigenvalue weighted by molar-refractivity contribution is 0.522. The minimum absolute atomic E-state index is 0.212. The van der Waals surface area contributed by atoms with Gasteiger partial charge in [0, 0.05) is 12.4 Å². The Morgan fingerprint density at radius 2 is 1.95 bits per heavy atom. The van der Waals surface area contributed by atoms with Gasteiger partial charge in [-0.3, -0.25) is 5.84 Å². The monoisotopic (exact) mass is 296 g/mol. The van der Waals surface area contributed by atoms with Gasteiger partial charge >= 0.3 is 0 Å². The van der Waals surface area contributed by atoms with Crippen molar-refractivity contribution in [3.63, 3.8) is 0 Å². The van der Waals surface area contributed by atoms with Crippen molar-refractivity contribution >= 4 is 23.2 Å². The molecule has 1 unspecified atom stereocenters. The summed E-state index contributed by atoms with van der Waals surface area (Å²) in [6, 6.07) is 5.30. The molecule has 0 saturated carbocycles. The number of aryl methyl sites for hydroxylation is 1. The van der Waals surface area contributed by atoms with Crippen molar-refractivity contribution in [3.05, 3.63) is 57.6 Å². The van der Waals surface area contributed by atoms with Gasteiger partial charge in [0.25, 0.3) is 0 Å². The van der Waals surface area contributed by atoms with Gasteiger partial charge in [0.15, 0.2) is 0 Å². The third kappa shape index (κ3) is 3.42. The molecule has 2 aromatic rings. The number of nitrogens with zero attached hydrogens (tertiary/aromatic N) is 2. The number of aromatic nitrogens is 2. The van der Waals surface area contributed by atoms with Crippen molar-refractivity contribution in [3.8, 4) is 0 Å². The van der Waals surface area contributed by atoms with E-state index in [-0.39, 0.29) is 6.04 Å². The van der Waals surface area contributed by atoms with Gasteiger partial charge in [-0.2, -0.15) is 0 Å². The van der Waals surface area contributed by atoms with Gasteiger partial charge in [-0.15, -0.1) is 0 Å². The zero-order chi connectivity index (χ0) is 13.8. The topological polar surface area (TPSA) is 63.8 Å². The summed E-state index contributed by atoms with van der Waals surface area (Å²) in [6.45, 7) is 1.93. The Morgan fingerprint density at radius 1 is 1.26 bits per heavy atom.